The number of nitrogens with zero attached hydrogens (tertiary/aromatic N) is 6. The quantitative estimate of drug-likeness (QED) is 0.900. The summed E-state index contributed by atoms with van der Waals surface area (Å²) < 4.78 is 1.45. The van der Waals surface area contributed by atoms with Crippen LogP contribution in [0.5, 0.6) is 0 Å². The van der Waals surface area contributed by atoms with Gasteiger partial charge >= 0.3 is 0 Å². The fourth-order valence-corrected chi connectivity index (χ4v) is 4.46. The van der Waals surface area contributed by atoms with Crippen LogP contribution in [0.25, 0.3) is 5.95 Å². The van der Waals surface area contributed by atoms with E-state index in [1.807, 2.05) is 23.5 Å². The van der Waals surface area contributed by atoms with Crippen LogP contribution in [0.4, 0.5) is 5.95 Å². The Labute approximate surface area is 129 Å². The summed E-state index contributed by atoms with van der Waals surface area (Å²) in [6.07, 6.45) is 2.93. The van der Waals surface area contributed by atoms with Crippen molar-refractivity contribution in [1.82, 2.24) is 29.7 Å². The second-order valence-electron chi connectivity index (χ2n) is 4.02. The smallest absolute Gasteiger partial charge is 0.258 e. The first kappa shape index (κ1) is 13.9. The number of halogens is 1. The third-order valence-electron chi connectivity index (χ3n) is 2.59. The van der Waals surface area contributed by atoms with Crippen LogP contribution in [0.3, 0.4) is 0 Å². The maximum absolute atomic E-state index is 5.92. The lowest BCUT2D eigenvalue weighted by Crippen LogP contribution is -2.24. The molecule has 0 bridgehead atoms. The van der Waals surface area contributed by atoms with Gasteiger partial charge in [0.15, 0.2) is 0 Å². The van der Waals surface area contributed by atoms with Crippen molar-refractivity contribution in [2.75, 3.05) is 29.1 Å². The lowest BCUT2D eigenvalue weighted by atomic mass is 10.5. The molecule has 1 unspecified atom stereocenters. The number of nitrogens with one attached hydrogen (secondary N) is 1. The average Bonchev–Trinajstić information content (AvgIpc) is 3.00. The van der Waals surface area contributed by atoms with E-state index in [-0.39, 0.29) is 5.28 Å². The van der Waals surface area contributed by atoms with E-state index in [1.54, 1.807) is 0 Å². The summed E-state index contributed by atoms with van der Waals surface area (Å²) in [5.41, 5.74) is 0. The Morgan fingerprint density at radius 3 is 3.05 bits per heavy atom. The van der Waals surface area contributed by atoms with Crippen LogP contribution in [-0.2, 0) is 0 Å². The van der Waals surface area contributed by atoms with Crippen LogP contribution < -0.4 is 5.32 Å². The highest BCUT2D eigenvalue weighted by atomic mass is 35.5. The molecule has 0 aromatic carbocycles. The first-order chi connectivity index (χ1) is 9.81. The van der Waals surface area contributed by atoms with Gasteiger partial charge in [-0.05, 0) is 11.6 Å². The normalized spacial score (nSPS) is 18.9. The fraction of sp³-hybridized carbons (Fsp3) is 0.500. The average molecular weight is 330 g/mol. The first-order valence-electron chi connectivity index (χ1n) is 6.01. The van der Waals surface area contributed by atoms with Gasteiger partial charge in [0.1, 0.15) is 12.7 Å². The summed E-state index contributed by atoms with van der Waals surface area (Å²) in [5.74, 6) is 4.39. The minimum atomic E-state index is 0.138. The highest BCUT2D eigenvalue weighted by molar-refractivity contribution is 8.06. The Bertz CT molecular complexity index is 559. The second kappa shape index (κ2) is 6.59. The van der Waals surface area contributed by atoms with Gasteiger partial charge in [-0.1, -0.05) is 0 Å². The summed E-state index contributed by atoms with van der Waals surface area (Å²) >= 11 is 9.87. The van der Waals surface area contributed by atoms with E-state index in [9.17, 15) is 0 Å². The van der Waals surface area contributed by atoms with E-state index in [2.05, 4.69) is 30.4 Å². The summed E-state index contributed by atoms with van der Waals surface area (Å²) in [7, 11) is 0. The SMILES string of the molecule is Clc1nc(NCC2CSCCS2)nc(-n2cncn2)n1. The maximum Gasteiger partial charge on any atom is 0.258 e. The van der Waals surface area contributed by atoms with E-state index in [0.29, 0.717) is 17.1 Å². The van der Waals surface area contributed by atoms with Crippen molar-refractivity contribution in [2.45, 2.75) is 5.25 Å². The first-order valence-corrected chi connectivity index (χ1v) is 8.59. The van der Waals surface area contributed by atoms with Crippen LogP contribution in [0.15, 0.2) is 12.7 Å². The number of aromatic nitrogens is 6. The molecule has 1 atom stereocenters. The molecular weight excluding hydrogens is 318 g/mol. The Morgan fingerprint density at radius 2 is 2.30 bits per heavy atom. The molecule has 1 fully saturated rings. The van der Waals surface area contributed by atoms with E-state index in [0.717, 1.165) is 12.3 Å². The predicted molar refractivity (Wildman–Crippen MR) is 81.8 cm³/mol. The molecule has 0 spiro atoms. The van der Waals surface area contributed by atoms with Crippen molar-refractivity contribution >= 4 is 41.1 Å². The van der Waals surface area contributed by atoms with Gasteiger partial charge in [0.05, 0.1) is 0 Å². The molecule has 10 heteroatoms. The zero-order chi connectivity index (χ0) is 13.8. The summed E-state index contributed by atoms with van der Waals surface area (Å²) in [5, 5.41) is 7.90. The molecule has 1 aliphatic rings. The Morgan fingerprint density at radius 1 is 1.35 bits per heavy atom. The van der Waals surface area contributed by atoms with E-state index >= 15 is 0 Å². The van der Waals surface area contributed by atoms with Crippen LogP contribution in [0.1, 0.15) is 0 Å². The highest BCUT2D eigenvalue weighted by Crippen LogP contribution is 2.24. The van der Waals surface area contributed by atoms with Crippen LogP contribution in [0.2, 0.25) is 5.28 Å². The Kier molecular flexibility index (Phi) is 4.58. The monoisotopic (exact) mass is 329 g/mol. The molecule has 0 aliphatic carbocycles. The van der Waals surface area contributed by atoms with Crippen LogP contribution in [0, 0.1) is 0 Å². The van der Waals surface area contributed by atoms with Gasteiger partial charge in [-0.15, -0.1) is 0 Å². The van der Waals surface area contributed by atoms with Crippen molar-refractivity contribution < 1.29 is 0 Å². The summed E-state index contributed by atoms with van der Waals surface area (Å²) in [6, 6.07) is 0. The lowest BCUT2D eigenvalue weighted by molar-refractivity contribution is 0.792. The third-order valence-corrected chi connectivity index (χ3v) is 5.61. The third kappa shape index (κ3) is 3.53. The largest absolute Gasteiger partial charge is 0.353 e. The summed E-state index contributed by atoms with van der Waals surface area (Å²) in [4.78, 5) is 16.3. The predicted octanol–water partition coefficient (Wildman–Crippen LogP) is 1.37. The van der Waals surface area contributed by atoms with Gasteiger partial charge < -0.3 is 5.32 Å². The van der Waals surface area contributed by atoms with Gasteiger partial charge in [0, 0.05) is 29.1 Å². The highest BCUT2D eigenvalue weighted by Gasteiger charge is 2.15. The molecule has 1 saturated heterocycles. The summed E-state index contributed by atoms with van der Waals surface area (Å²) in [6.45, 7) is 0.814. The van der Waals surface area contributed by atoms with Crippen LogP contribution in [-0.4, -0.2) is 58.8 Å². The molecule has 1 aliphatic heterocycles. The van der Waals surface area contributed by atoms with E-state index in [4.69, 9.17) is 11.6 Å². The molecule has 2 aromatic rings. The Hall–Kier alpha value is -1.06. The number of rotatable bonds is 4. The lowest BCUT2D eigenvalue weighted by Gasteiger charge is -2.21. The molecular formula is C10H12ClN7S2. The molecule has 3 heterocycles. The standard InChI is InChI=1S/C10H12ClN7S2/c11-8-15-9(13-3-7-4-19-1-2-20-7)17-10(16-8)18-6-12-5-14-18/h5-7H,1-4H2,(H,13,15,16,17). The number of hydrogen-bond donors (Lipinski definition) is 1. The minimum Gasteiger partial charge on any atom is -0.353 e. The van der Waals surface area contributed by atoms with Crippen molar-refractivity contribution in [3.05, 3.63) is 17.9 Å². The number of hydrogen-bond acceptors (Lipinski definition) is 8. The van der Waals surface area contributed by atoms with E-state index < -0.39 is 0 Å². The van der Waals surface area contributed by atoms with Crippen molar-refractivity contribution in [3.8, 4) is 5.95 Å². The molecule has 106 valence electrons. The number of anilines is 1. The van der Waals surface area contributed by atoms with Gasteiger partial charge in [-0.3, -0.25) is 0 Å². The number of thioether (sulfide) groups is 2. The van der Waals surface area contributed by atoms with Gasteiger partial charge in [-0.2, -0.15) is 48.3 Å². The molecule has 20 heavy (non-hydrogen) atoms. The second-order valence-corrected chi connectivity index (χ2v) is 6.91. The Balaban J connectivity index is 1.69. The fourth-order valence-electron chi connectivity index (χ4n) is 1.69. The molecule has 0 amide bonds. The molecule has 7 nitrogen and oxygen atoms in total. The molecule has 0 saturated carbocycles. The van der Waals surface area contributed by atoms with Crippen molar-refractivity contribution in [3.63, 3.8) is 0 Å². The van der Waals surface area contributed by atoms with Gasteiger partial charge in [0.25, 0.3) is 5.95 Å². The topological polar surface area (TPSA) is 81.4 Å². The van der Waals surface area contributed by atoms with Gasteiger partial charge in [-0.25, -0.2) is 4.98 Å². The maximum atomic E-state index is 5.92. The molecule has 2 aromatic heterocycles. The minimum absolute atomic E-state index is 0.138. The van der Waals surface area contributed by atoms with Crippen molar-refractivity contribution in [1.29, 1.82) is 0 Å². The molecule has 3 rings (SSSR count). The molecule has 0 radical (unpaired) electrons. The molecule has 1 N–H and O–H groups in total. The van der Waals surface area contributed by atoms with Crippen molar-refractivity contribution in [2.24, 2.45) is 0 Å². The van der Waals surface area contributed by atoms with Gasteiger partial charge in [0.2, 0.25) is 11.2 Å². The van der Waals surface area contributed by atoms with E-state index in [1.165, 1.54) is 28.8 Å². The zero-order valence-corrected chi connectivity index (χ0v) is 12.8. The zero-order valence-electron chi connectivity index (χ0n) is 10.4. The van der Waals surface area contributed by atoms with Crippen LogP contribution >= 0.6 is 35.1 Å².